The maximum absolute atomic E-state index is 14.4. The Balaban J connectivity index is 1.43. The van der Waals surface area contributed by atoms with E-state index in [1.807, 2.05) is 0 Å². The molecule has 2 aromatic carbocycles. The predicted octanol–water partition coefficient (Wildman–Crippen LogP) is 5.55. The van der Waals surface area contributed by atoms with E-state index in [1.54, 1.807) is 18.2 Å². The molecule has 12 heteroatoms. The van der Waals surface area contributed by atoms with Gasteiger partial charge >= 0.3 is 6.18 Å². The Morgan fingerprint density at radius 2 is 1.71 bits per heavy atom. The minimum absolute atomic E-state index is 0.00939. The average Bonchev–Trinajstić information content (AvgIpc) is 3.36. The Labute approximate surface area is 189 Å². The zero-order valence-corrected chi connectivity index (χ0v) is 17.2. The number of fused-ring (bicyclic) bond motifs is 1. The summed E-state index contributed by atoms with van der Waals surface area (Å²) in [5.74, 6) is -0.00546. The van der Waals surface area contributed by atoms with Crippen molar-refractivity contribution >= 4 is 23.1 Å². The van der Waals surface area contributed by atoms with E-state index in [2.05, 4.69) is 25.6 Å². The van der Waals surface area contributed by atoms with Gasteiger partial charge < -0.3 is 24.5 Å². The third-order valence-corrected chi connectivity index (χ3v) is 4.74. The summed E-state index contributed by atoms with van der Waals surface area (Å²) in [4.78, 5) is 11.8. The second-order valence-electron chi connectivity index (χ2n) is 7.13. The average molecular weight is 473 g/mol. The van der Waals surface area contributed by atoms with Gasteiger partial charge in [-0.2, -0.15) is 18.2 Å². The number of nitrogens with zero attached hydrogens (tertiary/aromatic N) is 3. The van der Waals surface area contributed by atoms with Crippen LogP contribution in [0.3, 0.4) is 0 Å². The smallest absolute Gasteiger partial charge is 0.416 e. The van der Waals surface area contributed by atoms with Crippen molar-refractivity contribution in [1.82, 2.24) is 15.0 Å². The Morgan fingerprint density at radius 3 is 2.47 bits per heavy atom. The summed E-state index contributed by atoms with van der Waals surface area (Å²) in [6, 6.07) is 8.13. The van der Waals surface area contributed by atoms with Crippen LogP contribution in [0, 0.1) is 5.82 Å². The molecule has 4 aromatic rings. The lowest BCUT2D eigenvalue weighted by molar-refractivity contribution is -0.137. The van der Waals surface area contributed by atoms with Crippen LogP contribution in [-0.2, 0) is 6.18 Å². The van der Waals surface area contributed by atoms with Gasteiger partial charge in [0.15, 0.2) is 23.1 Å². The van der Waals surface area contributed by atoms with Crippen LogP contribution in [0.2, 0.25) is 0 Å². The van der Waals surface area contributed by atoms with Gasteiger partial charge in [0.1, 0.15) is 19.5 Å². The normalized spacial score (nSPS) is 12.9. The first kappa shape index (κ1) is 21.5. The highest BCUT2D eigenvalue weighted by Crippen LogP contribution is 2.36. The summed E-state index contributed by atoms with van der Waals surface area (Å²) in [6.45, 7) is 0.821. The molecule has 5 rings (SSSR count). The number of nitrogens with one attached hydrogen (secondary N) is 2. The van der Waals surface area contributed by atoms with Gasteiger partial charge in [0.05, 0.1) is 18.0 Å². The van der Waals surface area contributed by atoms with Gasteiger partial charge in [0.2, 0.25) is 11.8 Å². The van der Waals surface area contributed by atoms with Crippen molar-refractivity contribution in [3.63, 3.8) is 0 Å². The van der Waals surface area contributed by atoms with E-state index in [1.165, 1.54) is 18.5 Å². The van der Waals surface area contributed by atoms with Crippen LogP contribution in [0.15, 0.2) is 59.5 Å². The van der Waals surface area contributed by atoms with Gasteiger partial charge in [-0.15, -0.1) is 0 Å². The van der Waals surface area contributed by atoms with E-state index < -0.39 is 17.6 Å². The molecule has 8 nitrogen and oxygen atoms in total. The van der Waals surface area contributed by atoms with Crippen LogP contribution in [0.1, 0.15) is 5.56 Å². The lowest BCUT2D eigenvalue weighted by atomic mass is 10.1. The molecule has 0 fully saturated rings. The lowest BCUT2D eigenvalue weighted by Crippen LogP contribution is -2.15. The fourth-order valence-corrected chi connectivity index (χ4v) is 3.25. The number of aromatic nitrogens is 3. The van der Waals surface area contributed by atoms with Gasteiger partial charge in [-0.1, -0.05) is 0 Å². The van der Waals surface area contributed by atoms with Gasteiger partial charge in [0.25, 0.3) is 0 Å². The number of hydrogen-bond acceptors (Lipinski definition) is 8. The molecular weight excluding hydrogens is 458 g/mol. The maximum Gasteiger partial charge on any atom is 0.416 e. The number of hydrogen-bond donors (Lipinski definition) is 2. The highest BCUT2D eigenvalue weighted by molar-refractivity contribution is 5.67. The van der Waals surface area contributed by atoms with Gasteiger partial charge in [-0.3, -0.25) is 0 Å². The fraction of sp³-hybridized carbons (Fsp3) is 0.136. The number of benzene rings is 2. The maximum atomic E-state index is 14.4. The second-order valence-corrected chi connectivity index (χ2v) is 7.13. The van der Waals surface area contributed by atoms with E-state index in [9.17, 15) is 17.6 Å². The lowest BCUT2D eigenvalue weighted by Gasteiger charge is -2.19. The van der Waals surface area contributed by atoms with E-state index >= 15 is 0 Å². The van der Waals surface area contributed by atoms with E-state index in [0.717, 1.165) is 18.3 Å². The zero-order chi connectivity index (χ0) is 23.7. The Morgan fingerprint density at radius 1 is 0.882 bits per heavy atom. The number of alkyl halides is 3. The standard InChI is InChI=1S/C22H15F4N5O3/c23-16-11-28-21(31-19(16)29-14-1-2-17-18(10-14)33-6-5-32-17)30-15-8-12(20-27-3-4-34-20)7-13(9-15)22(24,25)26/h1-4,7-11H,5-6H2,(H2,28,29,30,31). The molecule has 1 aliphatic heterocycles. The van der Waals surface area contributed by atoms with Crippen molar-refractivity contribution in [2.45, 2.75) is 6.18 Å². The fourth-order valence-electron chi connectivity index (χ4n) is 3.25. The third-order valence-electron chi connectivity index (χ3n) is 4.74. The minimum Gasteiger partial charge on any atom is -0.486 e. The first-order valence-electron chi connectivity index (χ1n) is 9.93. The van der Waals surface area contributed by atoms with Gasteiger partial charge in [-0.05, 0) is 30.3 Å². The minimum atomic E-state index is -4.62. The van der Waals surface area contributed by atoms with Crippen molar-refractivity contribution in [3.8, 4) is 23.0 Å². The number of halogens is 4. The number of anilines is 4. The largest absolute Gasteiger partial charge is 0.486 e. The molecular formula is C22H15F4N5O3. The monoisotopic (exact) mass is 473 g/mol. The quantitative estimate of drug-likeness (QED) is 0.365. The molecule has 174 valence electrons. The summed E-state index contributed by atoms with van der Waals surface area (Å²) < 4.78 is 70.7. The summed E-state index contributed by atoms with van der Waals surface area (Å²) in [5, 5.41) is 5.49. The van der Waals surface area contributed by atoms with Crippen LogP contribution >= 0.6 is 0 Å². The van der Waals surface area contributed by atoms with Crippen molar-refractivity contribution in [2.75, 3.05) is 23.8 Å². The molecule has 0 radical (unpaired) electrons. The summed E-state index contributed by atoms with van der Waals surface area (Å²) >= 11 is 0. The van der Waals surface area contributed by atoms with Crippen LogP contribution in [-0.4, -0.2) is 28.2 Å². The van der Waals surface area contributed by atoms with Crippen molar-refractivity contribution in [2.24, 2.45) is 0 Å². The third kappa shape index (κ3) is 4.56. The Hall–Kier alpha value is -4.35. The summed E-state index contributed by atoms with van der Waals surface area (Å²) in [6.07, 6.45) is -1.14. The summed E-state index contributed by atoms with van der Waals surface area (Å²) in [7, 11) is 0. The van der Waals surface area contributed by atoms with Crippen molar-refractivity contribution in [1.29, 1.82) is 0 Å². The number of ether oxygens (including phenoxy) is 2. The first-order chi connectivity index (χ1) is 16.3. The molecule has 0 unspecified atom stereocenters. The molecule has 0 bridgehead atoms. The molecule has 1 aliphatic rings. The first-order valence-corrected chi connectivity index (χ1v) is 9.93. The topological polar surface area (TPSA) is 94.3 Å². The number of oxazole rings is 1. The molecule has 2 aromatic heterocycles. The van der Waals surface area contributed by atoms with Crippen molar-refractivity contribution in [3.05, 3.63) is 66.4 Å². The molecule has 0 amide bonds. The second kappa shape index (κ2) is 8.54. The number of rotatable bonds is 5. The molecule has 0 saturated carbocycles. The molecule has 2 N–H and O–H groups in total. The van der Waals surface area contributed by atoms with E-state index in [0.29, 0.717) is 30.4 Å². The molecule has 34 heavy (non-hydrogen) atoms. The SMILES string of the molecule is Fc1cnc(Nc2cc(-c3ncco3)cc(C(F)(F)F)c2)nc1Nc1ccc2c(c1)OCCO2. The van der Waals surface area contributed by atoms with Crippen LogP contribution in [0.4, 0.5) is 40.7 Å². The Bertz CT molecular complexity index is 1330. The predicted molar refractivity (Wildman–Crippen MR) is 113 cm³/mol. The van der Waals surface area contributed by atoms with Crippen LogP contribution in [0.5, 0.6) is 11.5 Å². The van der Waals surface area contributed by atoms with Gasteiger partial charge in [-0.25, -0.2) is 14.4 Å². The molecule has 0 saturated heterocycles. The van der Waals surface area contributed by atoms with Crippen LogP contribution in [0.25, 0.3) is 11.5 Å². The molecule has 0 spiro atoms. The molecule has 3 heterocycles. The Kier molecular flexibility index (Phi) is 5.40. The molecule has 0 atom stereocenters. The van der Waals surface area contributed by atoms with Gasteiger partial charge in [0, 0.05) is 23.0 Å². The zero-order valence-electron chi connectivity index (χ0n) is 17.2. The van der Waals surface area contributed by atoms with Crippen LogP contribution < -0.4 is 20.1 Å². The molecule has 0 aliphatic carbocycles. The van der Waals surface area contributed by atoms with E-state index in [4.69, 9.17) is 13.9 Å². The van der Waals surface area contributed by atoms with E-state index in [-0.39, 0.29) is 28.9 Å². The van der Waals surface area contributed by atoms with Crippen molar-refractivity contribution < 1.29 is 31.5 Å². The highest BCUT2D eigenvalue weighted by Gasteiger charge is 2.32. The summed E-state index contributed by atoms with van der Waals surface area (Å²) in [5.41, 5.74) is -0.348. The highest BCUT2D eigenvalue weighted by atomic mass is 19.4.